The van der Waals surface area contributed by atoms with Crippen LogP contribution in [0.15, 0.2) is 0 Å². The summed E-state index contributed by atoms with van der Waals surface area (Å²) in [7, 11) is 0. The van der Waals surface area contributed by atoms with Gasteiger partial charge in [-0.25, -0.2) is 0 Å². The van der Waals surface area contributed by atoms with Crippen molar-refractivity contribution in [3.8, 4) is 0 Å². The molecule has 0 aromatic rings. The predicted octanol–water partition coefficient (Wildman–Crippen LogP) is 2.84. The highest BCUT2D eigenvalue weighted by atomic mass is 15.2. The highest BCUT2D eigenvalue weighted by molar-refractivity contribution is 4.96. The molecule has 2 heteroatoms. The Morgan fingerprint density at radius 2 is 1.89 bits per heavy atom. The average molecular weight is 250 g/mol. The fourth-order valence-electron chi connectivity index (χ4n) is 4.67. The van der Waals surface area contributed by atoms with E-state index in [2.05, 4.69) is 30.6 Å². The summed E-state index contributed by atoms with van der Waals surface area (Å²) in [5, 5.41) is 0. The zero-order chi connectivity index (χ0) is 12.8. The van der Waals surface area contributed by atoms with Crippen LogP contribution in [-0.2, 0) is 0 Å². The second-order valence-corrected chi connectivity index (χ2v) is 8.17. The zero-order valence-corrected chi connectivity index (χ0v) is 12.5. The van der Waals surface area contributed by atoms with Crippen molar-refractivity contribution in [2.45, 2.75) is 52.5 Å². The van der Waals surface area contributed by atoms with Gasteiger partial charge in [-0.1, -0.05) is 27.2 Å². The first-order valence-corrected chi connectivity index (χ1v) is 7.98. The van der Waals surface area contributed by atoms with E-state index in [9.17, 15) is 0 Å². The van der Waals surface area contributed by atoms with Gasteiger partial charge in [0.25, 0.3) is 0 Å². The Kier molecular flexibility index (Phi) is 3.44. The van der Waals surface area contributed by atoms with Gasteiger partial charge in [0.2, 0.25) is 0 Å². The Hall–Kier alpha value is -0.0800. The predicted molar refractivity (Wildman–Crippen MR) is 76.7 cm³/mol. The second-order valence-electron chi connectivity index (χ2n) is 8.17. The standard InChI is InChI=1S/C16H30N2/c1-16(2,3)12-17-9-13-8-14(11-17)15-6-4-5-7-18(15)10-13/h13-15H,4-12H2,1-3H3/t13?,14?,15-/m0/s1. The minimum absolute atomic E-state index is 0.456. The number of likely N-dealkylation sites (tertiary alicyclic amines) is 1. The van der Waals surface area contributed by atoms with E-state index >= 15 is 0 Å². The van der Waals surface area contributed by atoms with Gasteiger partial charge in [0.1, 0.15) is 0 Å². The molecule has 2 bridgehead atoms. The topological polar surface area (TPSA) is 6.48 Å². The lowest BCUT2D eigenvalue weighted by molar-refractivity contribution is -0.0373. The van der Waals surface area contributed by atoms with Crippen molar-refractivity contribution in [2.75, 3.05) is 32.7 Å². The molecule has 0 radical (unpaired) electrons. The molecule has 18 heavy (non-hydrogen) atoms. The van der Waals surface area contributed by atoms with E-state index in [0.717, 1.165) is 17.9 Å². The Morgan fingerprint density at radius 1 is 1.06 bits per heavy atom. The minimum Gasteiger partial charge on any atom is -0.302 e. The van der Waals surface area contributed by atoms with E-state index in [1.54, 1.807) is 0 Å². The lowest BCUT2D eigenvalue weighted by Gasteiger charge is -2.53. The summed E-state index contributed by atoms with van der Waals surface area (Å²) in [6.07, 6.45) is 5.91. The summed E-state index contributed by atoms with van der Waals surface area (Å²) >= 11 is 0. The van der Waals surface area contributed by atoms with E-state index in [0.29, 0.717) is 5.41 Å². The fourth-order valence-corrected chi connectivity index (χ4v) is 4.67. The quantitative estimate of drug-likeness (QED) is 0.706. The Labute approximate surface area is 113 Å². The number of piperidine rings is 3. The molecule has 0 amide bonds. The van der Waals surface area contributed by atoms with Crippen LogP contribution in [0.4, 0.5) is 0 Å². The van der Waals surface area contributed by atoms with Gasteiger partial charge >= 0.3 is 0 Å². The van der Waals surface area contributed by atoms with Crippen LogP contribution in [0.1, 0.15) is 46.5 Å². The van der Waals surface area contributed by atoms with Crippen LogP contribution in [0, 0.1) is 17.3 Å². The van der Waals surface area contributed by atoms with E-state index in [4.69, 9.17) is 0 Å². The number of hydrogen-bond acceptors (Lipinski definition) is 2. The van der Waals surface area contributed by atoms with Crippen LogP contribution in [0.5, 0.6) is 0 Å². The molecule has 2 nitrogen and oxygen atoms in total. The molecule has 3 aliphatic rings. The third-order valence-electron chi connectivity index (χ3n) is 5.04. The van der Waals surface area contributed by atoms with Crippen LogP contribution in [-0.4, -0.2) is 48.6 Å². The largest absolute Gasteiger partial charge is 0.302 e. The molecular formula is C16H30N2. The summed E-state index contributed by atoms with van der Waals surface area (Å²) in [6.45, 7) is 13.9. The van der Waals surface area contributed by atoms with Gasteiger partial charge in [-0.15, -0.1) is 0 Å². The van der Waals surface area contributed by atoms with Crippen molar-refractivity contribution in [3.05, 3.63) is 0 Å². The van der Waals surface area contributed by atoms with Crippen molar-refractivity contribution in [3.63, 3.8) is 0 Å². The molecule has 0 aromatic heterocycles. The van der Waals surface area contributed by atoms with Crippen LogP contribution >= 0.6 is 0 Å². The monoisotopic (exact) mass is 250 g/mol. The smallest absolute Gasteiger partial charge is 0.0136 e. The van der Waals surface area contributed by atoms with Crippen molar-refractivity contribution in [1.82, 2.24) is 9.80 Å². The van der Waals surface area contributed by atoms with Gasteiger partial charge in [-0.2, -0.15) is 0 Å². The highest BCUT2D eigenvalue weighted by Gasteiger charge is 2.41. The molecule has 0 spiro atoms. The Bertz CT molecular complexity index is 294. The van der Waals surface area contributed by atoms with Crippen LogP contribution in [0.2, 0.25) is 0 Å². The maximum atomic E-state index is 2.83. The molecule has 2 unspecified atom stereocenters. The maximum Gasteiger partial charge on any atom is 0.0136 e. The second kappa shape index (κ2) is 4.79. The number of hydrogen-bond donors (Lipinski definition) is 0. The normalized spacial score (nSPS) is 38.5. The van der Waals surface area contributed by atoms with Gasteiger partial charge in [-0.05, 0) is 43.1 Å². The minimum atomic E-state index is 0.456. The van der Waals surface area contributed by atoms with E-state index < -0.39 is 0 Å². The molecule has 0 saturated carbocycles. The number of nitrogens with zero attached hydrogens (tertiary/aromatic N) is 2. The Morgan fingerprint density at radius 3 is 2.67 bits per heavy atom. The molecule has 104 valence electrons. The molecule has 0 aliphatic carbocycles. The zero-order valence-electron chi connectivity index (χ0n) is 12.5. The van der Waals surface area contributed by atoms with Crippen molar-refractivity contribution in [1.29, 1.82) is 0 Å². The van der Waals surface area contributed by atoms with Gasteiger partial charge in [0.15, 0.2) is 0 Å². The van der Waals surface area contributed by atoms with Crippen molar-refractivity contribution in [2.24, 2.45) is 17.3 Å². The summed E-state index contributed by atoms with van der Waals surface area (Å²) in [5.41, 5.74) is 0.456. The third-order valence-corrected chi connectivity index (χ3v) is 5.04. The molecule has 3 atom stereocenters. The maximum absolute atomic E-state index is 2.83. The van der Waals surface area contributed by atoms with Gasteiger partial charge in [-0.3, -0.25) is 4.90 Å². The average Bonchev–Trinajstić information content (AvgIpc) is 2.26. The van der Waals surface area contributed by atoms with Crippen molar-refractivity contribution >= 4 is 0 Å². The molecule has 0 N–H and O–H groups in total. The lowest BCUT2D eigenvalue weighted by Crippen LogP contribution is -2.59. The van der Waals surface area contributed by atoms with Gasteiger partial charge < -0.3 is 4.90 Å². The molecule has 3 saturated heterocycles. The lowest BCUT2D eigenvalue weighted by atomic mass is 9.75. The molecule has 3 heterocycles. The summed E-state index contributed by atoms with van der Waals surface area (Å²) in [4.78, 5) is 5.60. The van der Waals surface area contributed by atoms with E-state index in [1.165, 1.54) is 58.4 Å². The molecule has 3 aliphatic heterocycles. The first-order valence-electron chi connectivity index (χ1n) is 7.98. The first-order chi connectivity index (χ1) is 8.51. The van der Waals surface area contributed by atoms with E-state index in [-0.39, 0.29) is 0 Å². The summed E-state index contributed by atoms with van der Waals surface area (Å²) in [6, 6.07) is 0.928. The van der Waals surface area contributed by atoms with E-state index in [1.807, 2.05) is 0 Å². The number of fused-ring (bicyclic) bond motifs is 4. The summed E-state index contributed by atoms with van der Waals surface area (Å²) < 4.78 is 0. The van der Waals surface area contributed by atoms with Crippen LogP contribution in [0.25, 0.3) is 0 Å². The molecular weight excluding hydrogens is 220 g/mol. The third kappa shape index (κ3) is 2.75. The van der Waals surface area contributed by atoms with Crippen molar-refractivity contribution < 1.29 is 0 Å². The molecule has 3 rings (SSSR count). The SMILES string of the molecule is CC(C)(C)CN1CC2CC(C1)[C@@H]1CCCCN1C2. The summed E-state index contributed by atoms with van der Waals surface area (Å²) in [5.74, 6) is 1.93. The fraction of sp³-hybridized carbons (Fsp3) is 1.00. The van der Waals surface area contributed by atoms with Gasteiger partial charge in [0.05, 0.1) is 0 Å². The first kappa shape index (κ1) is 12.9. The van der Waals surface area contributed by atoms with Crippen LogP contribution < -0.4 is 0 Å². The Balaban J connectivity index is 1.66. The molecule has 0 aromatic carbocycles. The number of rotatable bonds is 1. The molecule has 3 fully saturated rings. The van der Waals surface area contributed by atoms with Crippen LogP contribution in [0.3, 0.4) is 0 Å². The highest BCUT2D eigenvalue weighted by Crippen LogP contribution is 2.38. The van der Waals surface area contributed by atoms with Gasteiger partial charge in [0, 0.05) is 32.2 Å².